The average Bonchev–Trinajstić information content (AvgIpc) is 2.41. The number of hydrogen-bond acceptors (Lipinski definition) is 4. The maximum Gasteiger partial charge on any atom is 0.237 e. The molecule has 2 N–H and O–H groups in total. The predicted molar refractivity (Wildman–Crippen MR) is 67.6 cm³/mol. The van der Waals surface area contributed by atoms with Gasteiger partial charge in [-0.15, -0.1) is 0 Å². The summed E-state index contributed by atoms with van der Waals surface area (Å²) in [6.45, 7) is 0.763. The topological polar surface area (TPSA) is 81.9 Å². The second-order valence-electron chi connectivity index (χ2n) is 4.35. The van der Waals surface area contributed by atoms with Crippen molar-refractivity contribution < 1.29 is 19.1 Å². The molecule has 1 unspecified atom stereocenters. The minimum atomic E-state index is -0.677. The number of methoxy groups -OCH3 is 2. The Bertz CT molecular complexity index is 515. The Hall–Kier alpha value is -2.24. The smallest absolute Gasteiger partial charge is 0.237 e. The highest BCUT2D eigenvalue weighted by Gasteiger charge is 2.40. The van der Waals surface area contributed by atoms with Crippen LogP contribution in [0.2, 0.25) is 0 Å². The van der Waals surface area contributed by atoms with E-state index in [0.717, 1.165) is 5.56 Å². The molecule has 1 aromatic rings. The van der Waals surface area contributed by atoms with Crippen LogP contribution >= 0.6 is 0 Å². The van der Waals surface area contributed by atoms with Gasteiger partial charge in [0.1, 0.15) is 17.4 Å². The number of benzene rings is 1. The van der Waals surface area contributed by atoms with Gasteiger partial charge in [0.25, 0.3) is 0 Å². The van der Waals surface area contributed by atoms with Crippen LogP contribution in [-0.2, 0) is 16.1 Å². The van der Waals surface area contributed by atoms with Crippen LogP contribution in [0.4, 0.5) is 0 Å². The first-order valence-electron chi connectivity index (χ1n) is 5.85. The third-order valence-electron chi connectivity index (χ3n) is 3.21. The fraction of sp³-hybridized carbons (Fsp3) is 0.385. The van der Waals surface area contributed by atoms with Gasteiger partial charge in [0.2, 0.25) is 11.8 Å². The van der Waals surface area contributed by atoms with E-state index in [0.29, 0.717) is 24.6 Å². The SMILES string of the molecule is COc1ccc(CN2CC(C(N)=O)C2=O)c(OC)c1. The van der Waals surface area contributed by atoms with Gasteiger partial charge in [-0.25, -0.2) is 0 Å². The number of rotatable bonds is 5. The summed E-state index contributed by atoms with van der Waals surface area (Å²) in [5, 5.41) is 0. The zero-order valence-corrected chi connectivity index (χ0v) is 10.9. The number of nitrogens with zero attached hydrogens (tertiary/aromatic N) is 1. The molecule has 19 heavy (non-hydrogen) atoms. The van der Waals surface area contributed by atoms with Crippen molar-refractivity contribution in [3.8, 4) is 11.5 Å². The van der Waals surface area contributed by atoms with E-state index >= 15 is 0 Å². The number of nitrogens with two attached hydrogens (primary N) is 1. The molecule has 6 heteroatoms. The normalized spacial score (nSPS) is 17.9. The van der Waals surface area contributed by atoms with Crippen LogP contribution in [0.15, 0.2) is 18.2 Å². The lowest BCUT2D eigenvalue weighted by atomic mass is 9.97. The molecule has 1 aromatic carbocycles. The van der Waals surface area contributed by atoms with E-state index in [1.807, 2.05) is 6.07 Å². The van der Waals surface area contributed by atoms with E-state index in [1.165, 1.54) is 0 Å². The van der Waals surface area contributed by atoms with Crippen molar-refractivity contribution in [2.75, 3.05) is 20.8 Å². The largest absolute Gasteiger partial charge is 0.497 e. The van der Waals surface area contributed by atoms with E-state index < -0.39 is 11.8 Å². The fourth-order valence-electron chi connectivity index (χ4n) is 2.04. The summed E-state index contributed by atoms with van der Waals surface area (Å²) >= 11 is 0. The van der Waals surface area contributed by atoms with Crippen molar-refractivity contribution in [1.29, 1.82) is 0 Å². The molecular formula is C13H16N2O4. The minimum absolute atomic E-state index is 0.231. The van der Waals surface area contributed by atoms with Crippen molar-refractivity contribution in [3.63, 3.8) is 0 Å². The summed E-state index contributed by atoms with van der Waals surface area (Å²) in [7, 11) is 3.13. The highest BCUT2D eigenvalue weighted by molar-refractivity contribution is 6.03. The van der Waals surface area contributed by atoms with Crippen molar-refractivity contribution in [2.45, 2.75) is 6.54 Å². The van der Waals surface area contributed by atoms with Crippen molar-refractivity contribution in [1.82, 2.24) is 4.90 Å². The molecule has 0 saturated carbocycles. The Morgan fingerprint density at radius 1 is 1.42 bits per heavy atom. The van der Waals surface area contributed by atoms with Crippen molar-refractivity contribution in [3.05, 3.63) is 23.8 Å². The Morgan fingerprint density at radius 2 is 2.16 bits per heavy atom. The van der Waals surface area contributed by atoms with Gasteiger partial charge >= 0.3 is 0 Å². The highest BCUT2D eigenvalue weighted by Crippen LogP contribution is 2.28. The van der Waals surface area contributed by atoms with Gasteiger partial charge in [0, 0.05) is 24.7 Å². The maximum absolute atomic E-state index is 11.7. The molecule has 0 radical (unpaired) electrons. The number of likely N-dealkylation sites (tertiary alicyclic amines) is 1. The number of β-lactam (4-membered cyclic amide) rings is 1. The lowest BCUT2D eigenvalue weighted by molar-refractivity contribution is -0.153. The number of hydrogen-bond donors (Lipinski definition) is 1. The van der Waals surface area contributed by atoms with Gasteiger partial charge in [-0.05, 0) is 12.1 Å². The summed E-state index contributed by atoms with van der Waals surface area (Å²) in [5.74, 6) is -0.141. The first kappa shape index (κ1) is 13.2. The molecule has 0 aromatic heterocycles. The molecule has 1 heterocycles. The summed E-state index contributed by atoms with van der Waals surface area (Å²) in [6.07, 6.45) is 0. The van der Waals surface area contributed by atoms with E-state index in [4.69, 9.17) is 15.2 Å². The van der Waals surface area contributed by atoms with Crippen molar-refractivity contribution in [2.24, 2.45) is 11.7 Å². The summed E-state index contributed by atoms with van der Waals surface area (Å²) in [4.78, 5) is 24.2. The number of carbonyl (C=O) groups excluding carboxylic acids is 2. The Kier molecular flexibility index (Phi) is 3.59. The second-order valence-corrected chi connectivity index (χ2v) is 4.35. The molecule has 1 aliphatic heterocycles. The van der Waals surface area contributed by atoms with Gasteiger partial charge in [-0.2, -0.15) is 0 Å². The zero-order chi connectivity index (χ0) is 14.0. The Labute approximate surface area is 111 Å². The number of ether oxygens (including phenoxy) is 2. The third kappa shape index (κ3) is 2.47. The summed E-state index contributed by atoms with van der Waals surface area (Å²) < 4.78 is 10.4. The lowest BCUT2D eigenvalue weighted by Gasteiger charge is -2.36. The zero-order valence-electron chi connectivity index (χ0n) is 10.9. The molecule has 0 bridgehead atoms. The molecule has 1 fully saturated rings. The standard InChI is InChI=1S/C13H16N2O4/c1-18-9-4-3-8(11(5-9)19-2)6-15-7-10(12(14)16)13(15)17/h3-5,10H,6-7H2,1-2H3,(H2,14,16). The van der Waals surface area contributed by atoms with Gasteiger partial charge in [0.05, 0.1) is 14.2 Å². The van der Waals surface area contributed by atoms with Crippen LogP contribution in [0.5, 0.6) is 11.5 Å². The highest BCUT2D eigenvalue weighted by atomic mass is 16.5. The minimum Gasteiger partial charge on any atom is -0.497 e. The second kappa shape index (κ2) is 5.17. The van der Waals surface area contributed by atoms with Crippen LogP contribution in [0.1, 0.15) is 5.56 Å². The number of primary amides is 1. The lowest BCUT2D eigenvalue weighted by Crippen LogP contribution is -2.56. The molecule has 102 valence electrons. The van der Waals surface area contributed by atoms with Gasteiger partial charge in [0.15, 0.2) is 0 Å². The number of amides is 2. The van der Waals surface area contributed by atoms with E-state index in [9.17, 15) is 9.59 Å². The molecule has 1 atom stereocenters. The number of carbonyl (C=O) groups is 2. The quantitative estimate of drug-likeness (QED) is 0.606. The van der Waals surface area contributed by atoms with E-state index in [2.05, 4.69) is 0 Å². The monoisotopic (exact) mass is 264 g/mol. The Morgan fingerprint density at radius 3 is 2.68 bits per heavy atom. The Balaban J connectivity index is 2.08. The fourth-order valence-corrected chi connectivity index (χ4v) is 2.04. The van der Waals surface area contributed by atoms with E-state index in [-0.39, 0.29) is 5.91 Å². The molecule has 0 spiro atoms. The van der Waals surface area contributed by atoms with E-state index in [1.54, 1.807) is 31.3 Å². The molecule has 0 aliphatic carbocycles. The van der Waals surface area contributed by atoms with Crippen LogP contribution in [-0.4, -0.2) is 37.5 Å². The van der Waals surface area contributed by atoms with Gasteiger partial charge in [-0.3, -0.25) is 9.59 Å². The first-order chi connectivity index (χ1) is 9.06. The van der Waals surface area contributed by atoms with Crippen LogP contribution in [0.25, 0.3) is 0 Å². The molecular weight excluding hydrogens is 248 g/mol. The molecule has 1 aliphatic rings. The molecule has 6 nitrogen and oxygen atoms in total. The maximum atomic E-state index is 11.7. The molecule has 1 saturated heterocycles. The molecule has 2 rings (SSSR count). The van der Waals surface area contributed by atoms with Gasteiger partial charge in [-0.1, -0.05) is 0 Å². The molecule has 2 amide bonds. The average molecular weight is 264 g/mol. The van der Waals surface area contributed by atoms with Crippen LogP contribution in [0.3, 0.4) is 0 Å². The summed E-state index contributed by atoms with van der Waals surface area (Å²) in [6, 6.07) is 5.39. The first-order valence-corrected chi connectivity index (χ1v) is 5.85. The third-order valence-corrected chi connectivity index (χ3v) is 3.21. The van der Waals surface area contributed by atoms with Crippen LogP contribution in [0, 0.1) is 5.92 Å². The van der Waals surface area contributed by atoms with Gasteiger partial charge < -0.3 is 20.1 Å². The summed E-state index contributed by atoms with van der Waals surface area (Å²) in [5.41, 5.74) is 5.97. The van der Waals surface area contributed by atoms with Crippen molar-refractivity contribution >= 4 is 11.8 Å². The predicted octanol–water partition coefficient (Wildman–Crippen LogP) is 0.148. The van der Waals surface area contributed by atoms with Crippen LogP contribution < -0.4 is 15.2 Å².